The lowest BCUT2D eigenvalue weighted by Crippen LogP contribution is -2.10. The van der Waals surface area contributed by atoms with Crippen LogP contribution >= 0.6 is 0 Å². The van der Waals surface area contributed by atoms with Crippen LogP contribution in [-0.4, -0.2) is 0 Å². The Kier molecular flexibility index (Phi) is 8.08. The fraction of sp³-hybridized carbons (Fsp3) is 0. The van der Waals surface area contributed by atoms with Gasteiger partial charge in [0.15, 0.2) is 0 Å². The van der Waals surface area contributed by atoms with Gasteiger partial charge in [0.1, 0.15) is 0 Å². The third-order valence-electron chi connectivity index (χ3n) is 8.95. The van der Waals surface area contributed by atoms with E-state index in [1.807, 2.05) is 48.5 Å². The summed E-state index contributed by atoms with van der Waals surface area (Å²) in [5, 5.41) is 0. The van der Waals surface area contributed by atoms with Gasteiger partial charge in [-0.05, 0) is 106 Å². The van der Waals surface area contributed by atoms with Gasteiger partial charge < -0.3 is 9.80 Å². The zero-order valence-electron chi connectivity index (χ0n) is 29.5. The minimum absolute atomic E-state index is 0.468. The Balaban J connectivity index is 1.09. The van der Waals surface area contributed by atoms with Crippen LogP contribution in [0.3, 0.4) is 0 Å². The lowest BCUT2D eigenvalue weighted by atomic mass is 10.0. The van der Waals surface area contributed by atoms with Crippen molar-refractivity contribution >= 4 is 34.1 Å². The predicted octanol–water partition coefficient (Wildman–Crippen LogP) is 13.6. The highest BCUT2D eigenvalue weighted by Crippen LogP contribution is 2.39. The maximum Gasteiger partial charge on any atom is 0.0623 e. The molecule has 238 valence electrons. The van der Waals surface area contributed by atoms with Crippen LogP contribution in [0.5, 0.6) is 0 Å². The van der Waals surface area contributed by atoms with Crippen molar-refractivity contribution in [1.29, 1.82) is 0 Å². The highest BCUT2D eigenvalue weighted by molar-refractivity contribution is 5.82. The van der Waals surface area contributed by atoms with Gasteiger partial charge >= 0.3 is 0 Å². The molecule has 0 aliphatic rings. The van der Waals surface area contributed by atoms with Crippen molar-refractivity contribution in [3.8, 4) is 33.4 Å². The van der Waals surface area contributed by atoms with E-state index in [4.69, 9.17) is 2.74 Å². The van der Waals surface area contributed by atoms with Gasteiger partial charge in [-0.25, -0.2) is 0 Å². The predicted molar refractivity (Wildman–Crippen MR) is 212 cm³/mol. The van der Waals surface area contributed by atoms with Crippen LogP contribution in [0.15, 0.2) is 218 Å². The van der Waals surface area contributed by atoms with Crippen LogP contribution in [0.2, 0.25) is 0 Å². The first kappa shape index (κ1) is 28.4. The van der Waals surface area contributed by atoms with Crippen molar-refractivity contribution in [2.45, 2.75) is 0 Å². The summed E-state index contributed by atoms with van der Waals surface area (Å²) in [7, 11) is 0. The van der Waals surface area contributed by atoms with E-state index in [1.54, 1.807) is 12.1 Å². The van der Waals surface area contributed by atoms with E-state index in [-0.39, 0.29) is 0 Å². The monoisotopic (exact) mass is 644 g/mol. The summed E-state index contributed by atoms with van der Waals surface area (Å²) in [4.78, 5) is 4.39. The fourth-order valence-corrected chi connectivity index (χ4v) is 6.41. The van der Waals surface area contributed by atoms with Gasteiger partial charge in [-0.15, -0.1) is 0 Å². The van der Waals surface area contributed by atoms with E-state index in [0.717, 1.165) is 56.4 Å². The molecule has 8 aromatic carbocycles. The van der Waals surface area contributed by atoms with Gasteiger partial charge in [0.2, 0.25) is 0 Å². The zero-order chi connectivity index (χ0) is 35.3. The van der Waals surface area contributed by atoms with Crippen LogP contribution < -0.4 is 9.80 Å². The fourth-order valence-electron chi connectivity index (χ4n) is 6.41. The van der Waals surface area contributed by atoms with Gasteiger partial charge in [-0.3, -0.25) is 0 Å². The molecule has 2 nitrogen and oxygen atoms in total. The standard InChI is InChI=1S/C48H36N2/c1-5-13-37(14-6-1)39-21-29-45(30-22-39)49(43-17-9-3-10-18-43)47-33-25-41(26-34-47)42-27-35-48(36-28-42)50(44-19-11-4-12-20-44)46-31-23-40(24-32-46)38-15-7-2-8-16-38/h1-36H/i9T,11T. The zero-order valence-corrected chi connectivity index (χ0v) is 27.5. The first-order valence-electron chi connectivity index (χ1n) is 17.8. The second kappa shape index (κ2) is 14.2. The van der Waals surface area contributed by atoms with Gasteiger partial charge in [0.25, 0.3) is 0 Å². The summed E-state index contributed by atoms with van der Waals surface area (Å²) in [6.45, 7) is 0. The van der Waals surface area contributed by atoms with Gasteiger partial charge in [0, 0.05) is 34.1 Å². The molecule has 8 aromatic rings. The molecule has 0 atom stereocenters. The summed E-state index contributed by atoms with van der Waals surface area (Å²) < 4.78 is 16.6. The van der Waals surface area contributed by atoms with E-state index < -0.39 is 0 Å². The van der Waals surface area contributed by atoms with Gasteiger partial charge in [-0.1, -0.05) is 146 Å². The molecule has 0 radical (unpaired) electrons. The maximum absolute atomic E-state index is 8.32. The molecule has 0 spiro atoms. The molecule has 50 heavy (non-hydrogen) atoms. The summed E-state index contributed by atoms with van der Waals surface area (Å²) in [5.74, 6) is 0. The summed E-state index contributed by atoms with van der Waals surface area (Å²) in [6, 6.07) is 71.5. The molecule has 0 saturated carbocycles. The van der Waals surface area contributed by atoms with Crippen LogP contribution in [0.25, 0.3) is 33.4 Å². The normalized spacial score (nSPS) is 11.4. The van der Waals surface area contributed by atoms with E-state index in [2.05, 4.69) is 155 Å². The first-order chi connectivity index (χ1) is 25.6. The smallest absolute Gasteiger partial charge is 0.0623 e. The summed E-state index contributed by atoms with van der Waals surface area (Å²) in [6.07, 6.45) is 0. The second-order valence-electron chi connectivity index (χ2n) is 12.1. The SMILES string of the molecule is [3H]c1cccc(N(c2ccc(-c3ccccc3)cc2)c2ccc(-c3ccc(N(c4ccc(-c5ccccc5)cc4)c4cccc([3H])c4)cc3)cc2)c1. The number of nitrogens with zero attached hydrogens (tertiary/aromatic N) is 2. The third-order valence-corrected chi connectivity index (χ3v) is 8.95. The topological polar surface area (TPSA) is 6.48 Å². The lowest BCUT2D eigenvalue weighted by Gasteiger charge is -2.26. The average Bonchev–Trinajstić information content (AvgIpc) is 3.20. The summed E-state index contributed by atoms with van der Waals surface area (Å²) in [5.41, 5.74) is 12.8. The van der Waals surface area contributed by atoms with Gasteiger partial charge in [-0.2, -0.15) is 0 Å². The number of hydrogen-bond donors (Lipinski definition) is 0. The number of hydrogen-bond acceptors (Lipinski definition) is 2. The molecule has 0 aliphatic carbocycles. The average molecular weight is 645 g/mol. The molecule has 0 unspecified atom stereocenters. The molecule has 2 heteroatoms. The number of anilines is 6. The van der Waals surface area contributed by atoms with Crippen LogP contribution in [0.4, 0.5) is 34.1 Å². The number of para-hydroxylation sites is 2. The molecule has 0 bridgehead atoms. The molecule has 0 saturated heterocycles. The molecular formula is C48H36N2. The summed E-state index contributed by atoms with van der Waals surface area (Å²) >= 11 is 0. The lowest BCUT2D eigenvalue weighted by molar-refractivity contribution is 1.28. The van der Waals surface area contributed by atoms with Crippen LogP contribution in [0, 0.1) is 0 Å². The Morgan fingerprint density at radius 2 is 0.460 bits per heavy atom. The largest absolute Gasteiger partial charge is 0.311 e. The molecule has 0 heterocycles. The molecule has 0 amide bonds. The van der Waals surface area contributed by atoms with Crippen molar-refractivity contribution in [1.82, 2.24) is 0 Å². The molecule has 0 fully saturated rings. The maximum atomic E-state index is 8.32. The molecular weight excluding hydrogens is 605 g/mol. The number of rotatable bonds is 9. The quantitative estimate of drug-likeness (QED) is 0.154. The van der Waals surface area contributed by atoms with Crippen molar-refractivity contribution in [2.75, 3.05) is 9.80 Å². The van der Waals surface area contributed by atoms with E-state index in [0.29, 0.717) is 12.1 Å². The highest BCUT2D eigenvalue weighted by atomic mass is 15.1. The highest BCUT2D eigenvalue weighted by Gasteiger charge is 2.15. The molecule has 8 rings (SSSR count). The Hall–Kier alpha value is -6.64. The minimum Gasteiger partial charge on any atom is -0.311 e. The van der Waals surface area contributed by atoms with E-state index in [1.165, 1.54) is 11.1 Å². The Morgan fingerprint density at radius 1 is 0.220 bits per heavy atom. The van der Waals surface area contributed by atoms with E-state index in [9.17, 15) is 0 Å². The van der Waals surface area contributed by atoms with Crippen molar-refractivity contribution < 1.29 is 2.74 Å². The third kappa shape index (κ3) is 6.56. The van der Waals surface area contributed by atoms with Gasteiger partial charge in [0.05, 0.1) is 2.74 Å². The number of benzene rings is 8. The van der Waals surface area contributed by atoms with E-state index >= 15 is 0 Å². The minimum atomic E-state index is 0.468. The van der Waals surface area contributed by atoms with Crippen LogP contribution in [0.1, 0.15) is 2.74 Å². The Bertz CT molecular complexity index is 2220. The van der Waals surface area contributed by atoms with Crippen molar-refractivity contribution in [3.05, 3.63) is 218 Å². The molecule has 0 aromatic heterocycles. The Morgan fingerprint density at radius 3 is 0.740 bits per heavy atom. The molecule has 0 N–H and O–H groups in total. The van der Waals surface area contributed by atoms with Crippen molar-refractivity contribution in [3.63, 3.8) is 0 Å². The first-order valence-corrected chi connectivity index (χ1v) is 16.8. The van der Waals surface area contributed by atoms with Crippen LogP contribution in [-0.2, 0) is 0 Å². The Labute approximate surface area is 297 Å². The second-order valence-corrected chi connectivity index (χ2v) is 12.1. The van der Waals surface area contributed by atoms with Crippen molar-refractivity contribution in [2.24, 2.45) is 0 Å². The molecule has 0 aliphatic heterocycles.